The van der Waals surface area contributed by atoms with Crippen molar-refractivity contribution in [3.05, 3.63) is 34.1 Å². The number of carbonyl (C=O) groups excluding carboxylic acids is 1. The van der Waals surface area contributed by atoms with Crippen LogP contribution in [0.3, 0.4) is 0 Å². The van der Waals surface area contributed by atoms with Crippen molar-refractivity contribution in [1.29, 1.82) is 0 Å². The molecule has 0 bridgehead atoms. The van der Waals surface area contributed by atoms with Crippen LogP contribution in [0.4, 0.5) is 4.39 Å². The first-order valence-corrected chi connectivity index (χ1v) is 5.41. The number of nitrogens with one attached hydrogen (secondary N) is 1. The Balaban J connectivity index is 2.64. The molecule has 0 fully saturated rings. The standard InChI is InChI=1S/C10H10BrFN2O3/c11-6-1-2-7(12)5(3-6)4-14-9(15)8(13)10(16)17/h1-3,8H,4,13H2,(H,14,15)(H,16,17). The number of hydrogen-bond acceptors (Lipinski definition) is 3. The molecule has 0 aromatic heterocycles. The summed E-state index contributed by atoms with van der Waals surface area (Å²) in [5, 5.41) is 10.7. The molecule has 0 saturated carbocycles. The quantitative estimate of drug-likeness (QED) is 0.711. The van der Waals surface area contributed by atoms with Crippen molar-refractivity contribution in [3.8, 4) is 0 Å². The number of aliphatic carboxylic acids is 1. The number of carbonyl (C=O) groups is 2. The Bertz CT molecular complexity index is 453. The largest absolute Gasteiger partial charge is 0.480 e. The predicted octanol–water partition coefficient (Wildman–Crippen LogP) is 0.616. The number of benzene rings is 1. The van der Waals surface area contributed by atoms with Crippen LogP contribution in [0.25, 0.3) is 0 Å². The second-order valence-electron chi connectivity index (χ2n) is 3.27. The average Bonchev–Trinajstić information content (AvgIpc) is 2.28. The monoisotopic (exact) mass is 304 g/mol. The maximum atomic E-state index is 13.3. The van der Waals surface area contributed by atoms with Crippen molar-refractivity contribution >= 4 is 27.8 Å². The summed E-state index contributed by atoms with van der Waals surface area (Å²) in [6.45, 7) is -0.120. The Labute approximate surface area is 105 Å². The zero-order chi connectivity index (χ0) is 13.0. The molecule has 1 aromatic carbocycles. The molecule has 0 aliphatic heterocycles. The third kappa shape index (κ3) is 3.79. The van der Waals surface area contributed by atoms with Crippen molar-refractivity contribution < 1.29 is 19.1 Å². The molecule has 0 radical (unpaired) electrons. The molecule has 0 spiro atoms. The highest BCUT2D eigenvalue weighted by atomic mass is 79.9. The predicted molar refractivity (Wildman–Crippen MR) is 61.6 cm³/mol. The van der Waals surface area contributed by atoms with E-state index in [2.05, 4.69) is 21.2 Å². The van der Waals surface area contributed by atoms with Crippen molar-refractivity contribution in [2.45, 2.75) is 12.6 Å². The topological polar surface area (TPSA) is 92.4 Å². The van der Waals surface area contributed by atoms with Gasteiger partial charge in [-0.3, -0.25) is 4.79 Å². The first-order valence-electron chi connectivity index (χ1n) is 4.62. The first kappa shape index (κ1) is 13.6. The first-order chi connectivity index (χ1) is 7.91. The Morgan fingerprint density at radius 2 is 2.18 bits per heavy atom. The van der Waals surface area contributed by atoms with Crippen LogP contribution in [0.1, 0.15) is 5.56 Å². The highest BCUT2D eigenvalue weighted by Crippen LogP contribution is 2.15. The number of nitrogens with two attached hydrogens (primary N) is 1. The second-order valence-corrected chi connectivity index (χ2v) is 4.19. The second kappa shape index (κ2) is 5.74. The van der Waals surface area contributed by atoms with Crippen molar-refractivity contribution in [3.63, 3.8) is 0 Å². The Hall–Kier alpha value is -1.47. The van der Waals surface area contributed by atoms with Gasteiger partial charge >= 0.3 is 5.97 Å². The van der Waals surface area contributed by atoms with E-state index in [-0.39, 0.29) is 12.1 Å². The van der Waals surface area contributed by atoms with E-state index in [1.165, 1.54) is 18.2 Å². The smallest absolute Gasteiger partial charge is 0.330 e. The molecule has 7 heteroatoms. The number of rotatable bonds is 4. The fourth-order valence-electron chi connectivity index (χ4n) is 1.08. The van der Waals surface area contributed by atoms with Crippen molar-refractivity contribution in [2.75, 3.05) is 0 Å². The summed E-state index contributed by atoms with van der Waals surface area (Å²) in [5.74, 6) is -2.79. The summed E-state index contributed by atoms with van der Waals surface area (Å²) < 4.78 is 13.9. The molecule has 1 aromatic rings. The molecule has 0 aliphatic rings. The van der Waals surface area contributed by atoms with Crippen LogP contribution in [-0.2, 0) is 16.1 Å². The number of hydrogen-bond donors (Lipinski definition) is 3. The van der Waals surface area contributed by atoms with Gasteiger partial charge < -0.3 is 16.2 Å². The lowest BCUT2D eigenvalue weighted by atomic mass is 10.2. The summed E-state index contributed by atoms with van der Waals surface area (Å²) in [7, 11) is 0. The van der Waals surface area contributed by atoms with Crippen LogP contribution in [-0.4, -0.2) is 23.0 Å². The van der Waals surface area contributed by atoms with Crippen LogP contribution in [0.5, 0.6) is 0 Å². The van der Waals surface area contributed by atoms with E-state index in [0.29, 0.717) is 4.47 Å². The van der Waals surface area contributed by atoms with E-state index in [1.807, 2.05) is 0 Å². The van der Waals surface area contributed by atoms with Gasteiger partial charge in [-0.1, -0.05) is 15.9 Å². The van der Waals surface area contributed by atoms with Gasteiger partial charge in [-0.25, -0.2) is 9.18 Å². The maximum Gasteiger partial charge on any atom is 0.330 e. The van der Waals surface area contributed by atoms with Crippen molar-refractivity contribution in [1.82, 2.24) is 5.32 Å². The third-order valence-corrected chi connectivity index (χ3v) is 2.50. The summed E-state index contributed by atoms with van der Waals surface area (Å²) in [5.41, 5.74) is 5.32. The molecule has 0 saturated heterocycles. The summed E-state index contributed by atoms with van der Waals surface area (Å²) in [6.07, 6.45) is 0. The number of halogens is 2. The highest BCUT2D eigenvalue weighted by molar-refractivity contribution is 9.10. The van der Waals surface area contributed by atoms with Crippen LogP contribution in [0.2, 0.25) is 0 Å². The van der Waals surface area contributed by atoms with Gasteiger partial charge in [0.25, 0.3) is 0 Å². The normalized spacial score (nSPS) is 11.9. The number of carboxylic acids is 1. The minimum absolute atomic E-state index is 0.120. The molecule has 5 nitrogen and oxygen atoms in total. The molecule has 1 atom stereocenters. The molecule has 4 N–H and O–H groups in total. The van der Waals surface area contributed by atoms with E-state index >= 15 is 0 Å². The molecule has 92 valence electrons. The highest BCUT2D eigenvalue weighted by Gasteiger charge is 2.20. The number of amides is 1. The summed E-state index contributed by atoms with van der Waals surface area (Å²) >= 11 is 3.16. The third-order valence-electron chi connectivity index (χ3n) is 2.01. The zero-order valence-corrected chi connectivity index (χ0v) is 10.2. The Morgan fingerprint density at radius 3 is 2.76 bits per heavy atom. The molecule has 0 heterocycles. The van der Waals surface area contributed by atoms with Crippen LogP contribution in [0, 0.1) is 5.82 Å². The van der Waals surface area contributed by atoms with Crippen LogP contribution >= 0.6 is 15.9 Å². The molecule has 1 rings (SSSR count). The van der Waals surface area contributed by atoms with Crippen LogP contribution in [0.15, 0.2) is 22.7 Å². The zero-order valence-electron chi connectivity index (χ0n) is 8.61. The van der Waals surface area contributed by atoms with E-state index < -0.39 is 23.7 Å². The lowest BCUT2D eigenvalue weighted by molar-refractivity contribution is -0.142. The van der Waals surface area contributed by atoms with E-state index in [4.69, 9.17) is 10.8 Å². The lowest BCUT2D eigenvalue weighted by Gasteiger charge is -2.09. The molecular weight excluding hydrogens is 295 g/mol. The lowest BCUT2D eigenvalue weighted by Crippen LogP contribution is -2.45. The van der Waals surface area contributed by atoms with Gasteiger partial charge in [-0.2, -0.15) is 0 Å². The van der Waals surface area contributed by atoms with Crippen LogP contribution < -0.4 is 11.1 Å². The Morgan fingerprint density at radius 1 is 1.53 bits per heavy atom. The molecule has 0 aliphatic carbocycles. The molecule has 17 heavy (non-hydrogen) atoms. The number of carboxylic acid groups (broad SMARTS) is 1. The van der Waals surface area contributed by atoms with Gasteiger partial charge in [0.15, 0.2) is 6.04 Å². The minimum Gasteiger partial charge on any atom is -0.480 e. The Kier molecular flexibility index (Phi) is 4.59. The van der Waals surface area contributed by atoms with Gasteiger partial charge in [0.2, 0.25) is 5.91 Å². The fraction of sp³-hybridized carbons (Fsp3) is 0.200. The van der Waals surface area contributed by atoms with E-state index in [9.17, 15) is 14.0 Å². The van der Waals surface area contributed by atoms with Gasteiger partial charge in [-0.15, -0.1) is 0 Å². The van der Waals surface area contributed by atoms with Gasteiger partial charge in [0.05, 0.1) is 0 Å². The fourth-order valence-corrected chi connectivity index (χ4v) is 1.49. The average molecular weight is 305 g/mol. The SMILES string of the molecule is NC(C(=O)O)C(=O)NCc1cc(Br)ccc1F. The van der Waals surface area contributed by atoms with Gasteiger partial charge in [0.1, 0.15) is 5.82 Å². The van der Waals surface area contributed by atoms with E-state index in [1.54, 1.807) is 0 Å². The molecule has 1 amide bonds. The van der Waals surface area contributed by atoms with E-state index in [0.717, 1.165) is 0 Å². The summed E-state index contributed by atoms with van der Waals surface area (Å²) in [6, 6.07) is 2.60. The van der Waals surface area contributed by atoms with Gasteiger partial charge in [0, 0.05) is 16.6 Å². The summed E-state index contributed by atoms with van der Waals surface area (Å²) in [4.78, 5) is 21.6. The minimum atomic E-state index is -1.65. The molecule has 1 unspecified atom stereocenters. The van der Waals surface area contributed by atoms with Gasteiger partial charge in [-0.05, 0) is 18.2 Å². The van der Waals surface area contributed by atoms with Crippen molar-refractivity contribution in [2.24, 2.45) is 5.73 Å². The maximum absolute atomic E-state index is 13.3. The molecular formula is C10H10BrFN2O3.